The van der Waals surface area contributed by atoms with Crippen LogP contribution in [0.2, 0.25) is 0 Å². The SMILES string of the molecule is CC(Nc1ccc2scnc2c1N)C1CC1. The Bertz CT molecular complexity index is 516. The molecule has 0 bridgehead atoms. The Morgan fingerprint density at radius 2 is 2.31 bits per heavy atom. The van der Waals surface area contributed by atoms with E-state index >= 15 is 0 Å². The Kier molecular flexibility index (Phi) is 2.24. The van der Waals surface area contributed by atoms with Crippen LogP contribution in [0, 0.1) is 5.92 Å². The Morgan fingerprint density at radius 3 is 3.06 bits per heavy atom. The molecule has 3 N–H and O–H groups in total. The van der Waals surface area contributed by atoms with E-state index in [1.807, 2.05) is 5.51 Å². The molecule has 3 nitrogen and oxygen atoms in total. The first kappa shape index (κ1) is 9.90. The third-order valence-corrected chi connectivity index (χ3v) is 4.05. The fourth-order valence-corrected chi connectivity index (χ4v) is 2.73. The molecule has 1 saturated carbocycles. The van der Waals surface area contributed by atoms with E-state index in [1.165, 1.54) is 12.8 Å². The number of benzene rings is 1. The van der Waals surface area contributed by atoms with E-state index < -0.39 is 0 Å². The van der Waals surface area contributed by atoms with Gasteiger partial charge in [0.15, 0.2) is 0 Å². The van der Waals surface area contributed by atoms with Gasteiger partial charge >= 0.3 is 0 Å². The Labute approximate surface area is 98.7 Å². The number of nitrogens with zero attached hydrogens (tertiary/aromatic N) is 1. The number of nitrogens with one attached hydrogen (secondary N) is 1. The van der Waals surface area contributed by atoms with Crippen molar-refractivity contribution in [1.82, 2.24) is 4.98 Å². The predicted octanol–water partition coefficient (Wildman–Crippen LogP) is 3.09. The number of thiazole rings is 1. The van der Waals surface area contributed by atoms with Gasteiger partial charge < -0.3 is 11.1 Å². The van der Waals surface area contributed by atoms with E-state index in [1.54, 1.807) is 11.3 Å². The molecule has 1 atom stereocenters. The molecule has 1 heterocycles. The highest BCUT2D eigenvalue weighted by molar-refractivity contribution is 7.16. The van der Waals surface area contributed by atoms with Crippen molar-refractivity contribution in [3.05, 3.63) is 17.6 Å². The lowest BCUT2D eigenvalue weighted by Crippen LogP contribution is -2.18. The number of anilines is 2. The smallest absolute Gasteiger partial charge is 0.106 e. The molecule has 1 fully saturated rings. The molecule has 1 aliphatic rings. The molecule has 3 rings (SSSR count). The predicted molar refractivity (Wildman–Crippen MR) is 69.8 cm³/mol. The molecule has 1 aromatic carbocycles. The van der Waals surface area contributed by atoms with E-state index in [0.717, 1.165) is 27.5 Å². The van der Waals surface area contributed by atoms with Crippen molar-refractivity contribution in [2.75, 3.05) is 11.1 Å². The molecule has 4 heteroatoms. The second-order valence-corrected chi connectivity index (χ2v) is 5.38. The van der Waals surface area contributed by atoms with Gasteiger partial charge in [0.25, 0.3) is 0 Å². The van der Waals surface area contributed by atoms with Crippen LogP contribution in [-0.4, -0.2) is 11.0 Å². The largest absolute Gasteiger partial charge is 0.395 e. The second-order valence-electron chi connectivity index (χ2n) is 4.50. The first-order chi connectivity index (χ1) is 7.75. The minimum absolute atomic E-state index is 0.512. The standard InChI is InChI=1S/C12H15N3S/c1-7(8-2-3-8)15-9-4-5-10-12(11(9)13)14-6-16-10/h4-8,15H,2-3,13H2,1H3. The molecule has 2 aromatic rings. The van der Waals surface area contributed by atoms with Crippen LogP contribution in [0.3, 0.4) is 0 Å². The van der Waals surface area contributed by atoms with Crippen LogP contribution in [0.5, 0.6) is 0 Å². The Morgan fingerprint density at radius 1 is 1.50 bits per heavy atom. The van der Waals surface area contributed by atoms with Crippen LogP contribution in [-0.2, 0) is 0 Å². The van der Waals surface area contributed by atoms with Gasteiger partial charge in [0.2, 0.25) is 0 Å². The summed E-state index contributed by atoms with van der Waals surface area (Å²) in [6.07, 6.45) is 2.68. The van der Waals surface area contributed by atoms with Gasteiger partial charge in [-0.05, 0) is 37.8 Å². The zero-order chi connectivity index (χ0) is 11.1. The number of aromatic nitrogens is 1. The molecule has 0 aliphatic heterocycles. The van der Waals surface area contributed by atoms with Crippen LogP contribution in [0.1, 0.15) is 19.8 Å². The second kappa shape index (κ2) is 3.63. The quantitative estimate of drug-likeness (QED) is 0.801. The lowest BCUT2D eigenvalue weighted by molar-refractivity contribution is 0.695. The normalized spacial score (nSPS) is 17.6. The first-order valence-electron chi connectivity index (χ1n) is 5.64. The van der Waals surface area contributed by atoms with Gasteiger partial charge in [0.05, 0.1) is 21.6 Å². The van der Waals surface area contributed by atoms with Crippen molar-refractivity contribution < 1.29 is 0 Å². The lowest BCUT2D eigenvalue weighted by atomic mass is 10.2. The summed E-state index contributed by atoms with van der Waals surface area (Å²) in [7, 11) is 0. The molecular weight excluding hydrogens is 218 g/mol. The molecule has 16 heavy (non-hydrogen) atoms. The zero-order valence-corrected chi connectivity index (χ0v) is 10.1. The maximum Gasteiger partial charge on any atom is 0.106 e. The lowest BCUT2D eigenvalue weighted by Gasteiger charge is -2.16. The topological polar surface area (TPSA) is 50.9 Å². The van der Waals surface area contributed by atoms with Crippen molar-refractivity contribution in [3.8, 4) is 0 Å². The number of nitrogens with two attached hydrogens (primary N) is 1. The molecule has 84 valence electrons. The maximum absolute atomic E-state index is 6.11. The molecule has 0 spiro atoms. The van der Waals surface area contributed by atoms with Crippen LogP contribution in [0.4, 0.5) is 11.4 Å². The van der Waals surface area contributed by atoms with Crippen molar-refractivity contribution in [1.29, 1.82) is 0 Å². The van der Waals surface area contributed by atoms with Gasteiger partial charge in [0.1, 0.15) is 5.52 Å². The fourth-order valence-electron chi connectivity index (χ4n) is 2.04. The average molecular weight is 233 g/mol. The molecule has 1 unspecified atom stereocenters. The van der Waals surface area contributed by atoms with Crippen molar-refractivity contribution in [2.45, 2.75) is 25.8 Å². The van der Waals surface area contributed by atoms with Gasteiger partial charge in [-0.1, -0.05) is 0 Å². The van der Waals surface area contributed by atoms with E-state index in [-0.39, 0.29) is 0 Å². The van der Waals surface area contributed by atoms with Gasteiger partial charge in [-0.15, -0.1) is 11.3 Å². The van der Waals surface area contributed by atoms with Crippen LogP contribution in [0.15, 0.2) is 17.6 Å². The summed E-state index contributed by atoms with van der Waals surface area (Å²) >= 11 is 1.63. The first-order valence-corrected chi connectivity index (χ1v) is 6.52. The highest BCUT2D eigenvalue weighted by Gasteiger charge is 2.28. The van der Waals surface area contributed by atoms with Crippen LogP contribution < -0.4 is 11.1 Å². The molecular formula is C12H15N3S. The third-order valence-electron chi connectivity index (χ3n) is 3.25. The Hall–Kier alpha value is -1.29. The molecule has 1 aliphatic carbocycles. The summed E-state index contributed by atoms with van der Waals surface area (Å²) in [6, 6.07) is 4.67. The number of hydrogen-bond acceptors (Lipinski definition) is 4. The van der Waals surface area contributed by atoms with Crippen LogP contribution in [0.25, 0.3) is 10.2 Å². The van der Waals surface area contributed by atoms with E-state index in [4.69, 9.17) is 5.73 Å². The monoisotopic (exact) mass is 233 g/mol. The van der Waals surface area contributed by atoms with E-state index in [9.17, 15) is 0 Å². The molecule has 0 amide bonds. The fraction of sp³-hybridized carbons (Fsp3) is 0.417. The summed E-state index contributed by atoms with van der Waals surface area (Å²) in [5.74, 6) is 0.825. The maximum atomic E-state index is 6.11. The van der Waals surface area contributed by atoms with E-state index in [2.05, 4.69) is 29.4 Å². The Balaban J connectivity index is 1.93. The van der Waals surface area contributed by atoms with Crippen molar-refractivity contribution in [2.24, 2.45) is 5.92 Å². The minimum Gasteiger partial charge on any atom is -0.395 e. The third kappa shape index (κ3) is 1.63. The number of rotatable bonds is 3. The minimum atomic E-state index is 0.512. The molecule has 0 saturated heterocycles. The highest BCUT2D eigenvalue weighted by Crippen LogP contribution is 2.36. The molecule has 1 aromatic heterocycles. The number of hydrogen-bond donors (Lipinski definition) is 2. The summed E-state index contributed by atoms with van der Waals surface area (Å²) in [5.41, 5.74) is 10.7. The zero-order valence-electron chi connectivity index (χ0n) is 9.23. The van der Waals surface area contributed by atoms with Gasteiger partial charge in [-0.2, -0.15) is 0 Å². The van der Waals surface area contributed by atoms with E-state index in [0.29, 0.717) is 6.04 Å². The van der Waals surface area contributed by atoms with Gasteiger partial charge in [-0.3, -0.25) is 0 Å². The van der Waals surface area contributed by atoms with Gasteiger partial charge in [0, 0.05) is 6.04 Å². The summed E-state index contributed by atoms with van der Waals surface area (Å²) in [4.78, 5) is 4.30. The van der Waals surface area contributed by atoms with Crippen molar-refractivity contribution in [3.63, 3.8) is 0 Å². The summed E-state index contributed by atoms with van der Waals surface area (Å²) in [6.45, 7) is 2.22. The number of fused-ring (bicyclic) bond motifs is 1. The highest BCUT2D eigenvalue weighted by atomic mass is 32.1. The average Bonchev–Trinajstić information content (AvgIpc) is 3.01. The van der Waals surface area contributed by atoms with Crippen molar-refractivity contribution >= 4 is 32.9 Å². The molecule has 0 radical (unpaired) electrons. The number of nitrogen functional groups attached to an aromatic ring is 1. The summed E-state index contributed by atoms with van der Waals surface area (Å²) in [5, 5.41) is 3.49. The van der Waals surface area contributed by atoms with Crippen LogP contribution >= 0.6 is 11.3 Å². The van der Waals surface area contributed by atoms with Gasteiger partial charge in [-0.25, -0.2) is 4.98 Å². The summed E-state index contributed by atoms with van der Waals surface area (Å²) < 4.78 is 1.15.